The van der Waals surface area contributed by atoms with E-state index in [2.05, 4.69) is 15.6 Å². The fourth-order valence-electron chi connectivity index (χ4n) is 2.23. The van der Waals surface area contributed by atoms with Crippen molar-refractivity contribution in [3.05, 3.63) is 66.0 Å². The van der Waals surface area contributed by atoms with E-state index in [9.17, 15) is 9.90 Å². The van der Waals surface area contributed by atoms with Gasteiger partial charge in [-0.25, -0.2) is 4.79 Å². The summed E-state index contributed by atoms with van der Waals surface area (Å²) in [5, 5.41) is 14.8. The number of benzene rings is 1. The van der Waals surface area contributed by atoms with Gasteiger partial charge in [0.25, 0.3) is 0 Å². The highest BCUT2D eigenvalue weighted by molar-refractivity contribution is 5.73. The molecule has 116 valence electrons. The number of aromatic nitrogens is 1. The van der Waals surface area contributed by atoms with Crippen molar-refractivity contribution in [1.29, 1.82) is 0 Å². The maximum atomic E-state index is 11.9. The first-order valence-electron chi connectivity index (χ1n) is 7.36. The van der Waals surface area contributed by atoms with Crippen molar-refractivity contribution >= 4 is 6.03 Å². The van der Waals surface area contributed by atoms with E-state index in [1.807, 2.05) is 42.5 Å². The van der Waals surface area contributed by atoms with Gasteiger partial charge in [0.1, 0.15) is 0 Å². The van der Waals surface area contributed by atoms with Crippen LogP contribution in [0, 0.1) is 0 Å². The summed E-state index contributed by atoms with van der Waals surface area (Å²) in [6.45, 7) is 1.03. The Kier molecular flexibility index (Phi) is 6.39. The Hall–Kier alpha value is -2.40. The normalized spacial score (nSPS) is 11.7. The average molecular weight is 299 g/mol. The minimum atomic E-state index is -0.220. The third-order valence-corrected chi connectivity index (χ3v) is 3.43. The van der Waals surface area contributed by atoms with Crippen molar-refractivity contribution in [3.63, 3.8) is 0 Å². The predicted molar refractivity (Wildman–Crippen MR) is 85.4 cm³/mol. The Morgan fingerprint density at radius 2 is 1.95 bits per heavy atom. The molecule has 0 aliphatic carbocycles. The van der Waals surface area contributed by atoms with Gasteiger partial charge in [-0.15, -0.1) is 0 Å². The highest BCUT2D eigenvalue weighted by Crippen LogP contribution is 2.17. The lowest BCUT2D eigenvalue weighted by Gasteiger charge is -2.17. The number of hydrogen-bond acceptors (Lipinski definition) is 3. The smallest absolute Gasteiger partial charge is 0.315 e. The molecule has 0 saturated heterocycles. The van der Waals surface area contributed by atoms with Gasteiger partial charge in [0.15, 0.2) is 0 Å². The molecular weight excluding hydrogens is 278 g/mol. The molecule has 22 heavy (non-hydrogen) atoms. The van der Waals surface area contributed by atoms with Crippen LogP contribution in [-0.4, -0.2) is 29.3 Å². The fraction of sp³-hybridized carbons (Fsp3) is 0.294. The van der Waals surface area contributed by atoms with Crippen LogP contribution in [0.5, 0.6) is 0 Å². The highest BCUT2D eigenvalue weighted by atomic mass is 16.3. The van der Waals surface area contributed by atoms with E-state index in [1.54, 1.807) is 12.4 Å². The summed E-state index contributed by atoms with van der Waals surface area (Å²) in [4.78, 5) is 15.9. The van der Waals surface area contributed by atoms with Crippen LogP contribution < -0.4 is 10.6 Å². The number of nitrogens with one attached hydrogen (secondary N) is 2. The molecule has 5 heteroatoms. The van der Waals surface area contributed by atoms with E-state index in [4.69, 9.17) is 0 Å². The molecule has 3 N–H and O–H groups in total. The maximum Gasteiger partial charge on any atom is 0.315 e. The molecule has 0 fully saturated rings. The molecular formula is C17H21N3O2. The summed E-state index contributed by atoms with van der Waals surface area (Å²) in [6, 6.07) is 13.4. The molecule has 2 amide bonds. The van der Waals surface area contributed by atoms with Crippen molar-refractivity contribution in [1.82, 2.24) is 15.6 Å². The van der Waals surface area contributed by atoms with Gasteiger partial charge in [0.2, 0.25) is 0 Å². The van der Waals surface area contributed by atoms with Gasteiger partial charge in [-0.2, -0.15) is 0 Å². The van der Waals surface area contributed by atoms with Crippen LogP contribution in [-0.2, 0) is 6.54 Å². The summed E-state index contributed by atoms with van der Waals surface area (Å²) in [6.07, 6.45) is 4.04. The van der Waals surface area contributed by atoms with Gasteiger partial charge in [-0.3, -0.25) is 4.98 Å². The third kappa shape index (κ3) is 5.18. The van der Waals surface area contributed by atoms with Crippen LogP contribution in [0.15, 0.2) is 54.9 Å². The number of urea groups is 1. The number of aliphatic hydroxyl groups excluding tert-OH is 1. The number of carbonyl (C=O) groups excluding carboxylic acids is 1. The second kappa shape index (κ2) is 8.79. The van der Waals surface area contributed by atoms with Crippen LogP contribution in [0.25, 0.3) is 0 Å². The number of aliphatic hydroxyl groups is 1. The Morgan fingerprint density at radius 3 is 2.64 bits per heavy atom. The summed E-state index contributed by atoms with van der Waals surface area (Å²) >= 11 is 0. The molecule has 0 saturated carbocycles. The number of pyridine rings is 1. The fourth-order valence-corrected chi connectivity index (χ4v) is 2.23. The Bertz CT molecular complexity index is 561. The second-order valence-corrected chi connectivity index (χ2v) is 5.04. The quantitative estimate of drug-likeness (QED) is 0.732. The van der Waals surface area contributed by atoms with Crippen LogP contribution in [0.2, 0.25) is 0 Å². The molecule has 0 aliphatic heterocycles. The summed E-state index contributed by atoms with van der Waals surface area (Å²) in [5.41, 5.74) is 2.07. The maximum absolute atomic E-state index is 11.9. The number of carbonyl (C=O) groups is 1. The van der Waals surface area contributed by atoms with Crippen molar-refractivity contribution in [2.45, 2.75) is 18.9 Å². The topological polar surface area (TPSA) is 74.2 Å². The molecule has 0 bridgehead atoms. The molecule has 1 atom stereocenters. The van der Waals surface area contributed by atoms with E-state index < -0.39 is 0 Å². The van der Waals surface area contributed by atoms with Crippen molar-refractivity contribution in [3.8, 4) is 0 Å². The third-order valence-electron chi connectivity index (χ3n) is 3.43. The number of amides is 2. The average Bonchev–Trinajstić information content (AvgIpc) is 2.58. The zero-order valence-electron chi connectivity index (χ0n) is 12.4. The van der Waals surface area contributed by atoms with Crippen molar-refractivity contribution in [2.24, 2.45) is 0 Å². The van der Waals surface area contributed by atoms with Crippen LogP contribution in [0.3, 0.4) is 0 Å². The molecule has 1 heterocycles. The van der Waals surface area contributed by atoms with E-state index in [-0.39, 0.29) is 18.6 Å². The standard InChI is InChI=1S/C17H21N3O2/c21-10-8-16(15-6-2-1-3-7-15)13-20-17(22)19-12-14-5-4-9-18-11-14/h1-7,9,11,16,21H,8,10,12-13H2,(H2,19,20,22). The lowest BCUT2D eigenvalue weighted by Crippen LogP contribution is -2.37. The van der Waals surface area contributed by atoms with E-state index in [0.29, 0.717) is 19.5 Å². The van der Waals surface area contributed by atoms with E-state index >= 15 is 0 Å². The SMILES string of the molecule is O=C(NCc1cccnc1)NCC(CCO)c1ccccc1. The molecule has 0 spiro atoms. The van der Waals surface area contributed by atoms with Crippen molar-refractivity contribution < 1.29 is 9.90 Å². The van der Waals surface area contributed by atoms with Gasteiger partial charge in [-0.05, 0) is 23.6 Å². The van der Waals surface area contributed by atoms with Gasteiger partial charge in [0, 0.05) is 38.0 Å². The Balaban J connectivity index is 1.80. The minimum Gasteiger partial charge on any atom is -0.396 e. The lowest BCUT2D eigenvalue weighted by atomic mass is 9.96. The van der Waals surface area contributed by atoms with Gasteiger partial charge < -0.3 is 15.7 Å². The van der Waals surface area contributed by atoms with E-state index in [1.165, 1.54) is 0 Å². The monoisotopic (exact) mass is 299 g/mol. The molecule has 1 aromatic heterocycles. The molecule has 2 rings (SSSR count). The number of nitrogens with zero attached hydrogens (tertiary/aromatic N) is 1. The van der Waals surface area contributed by atoms with E-state index in [0.717, 1.165) is 11.1 Å². The lowest BCUT2D eigenvalue weighted by molar-refractivity contribution is 0.237. The molecule has 5 nitrogen and oxygen atoms in total. The molecule has 0 aliphatic rings. The summed E-state index contributed by atoms with van der Waals surface area (Å²) < 4.78 is 0. The van der Waals surface area contributed by atoms with Crippen LogP contribution in [0.1, 0.15) is 23.5 Å². The first kappa shape index (κ1) is 16.0. The van der Waals surface area contributed by atoms with Crippen molar-refractivity contribution in [2.75, 3.05) is 13.2 Å². The zero-order chi connectivity index (χ0) is 15.6. The molecule has 1 aromatic carbocycles. The molecule has 0 radical (unpaired) electrons. The summed E-state index contributed by atoms with van der Waals surface area (Å²) in [7, 11) is 0. The minimum absolute atomic E-state index is 0.0958. The van der Waals surface area contributed by atoms with Gasteiger partial charge in [-0.1, -0.05) is 36.4 Å². The Morgan fingerprint density at radius 1 is 1.14 bits per heavy atom. The van der Waals surface area contributed by atoms with Crippen LogP contribution >= 0.6 is 0 Å². The highest BCUT2D eigenvalue weighted by Gasteiger charge is 2.12. The first-order chi connectivity index (χ1) is 10.8. The number of rotatable bonds is 7. The second-order valence-electron chi connectivity index (χ2n) is 5.04. The Labute approximate surface area is 130 Å². The molecule has 1 unspecified atom stereocenters. The predicted octanol–water partition coefficient (Wildman–Crippen LogP) is 2.05. The number of hydrogen-bond donors (Lipinski definition) is 3. The first-order valence-corrected chi connectivity index (χ1v) is 7.36. The van der Waals surface area contributed by atoms with Crippen LogP contribution in [0.4, 0.5) is 4.79 Å². The van der Waals surface area contributed by atoms with Gasteiger partial charge in [0.05, 0.1) is 0 Å². The molecule has 2 aromatic rings. The largest absolute Gasteiger partial charge is 0.396 e. The summed E-state index contributed by atoms with van der Waals surface area (Å²) in [5.74, 6) is 0.107. The zero-order valence-corrected chi connectivity index (χ0v) is 12.4. The van der Waals surface area contributed by atoms with Gasteiger partial charge >= 0.3 is 6.03 Å².